The van der Waals surface area contributed by atoms with Crippen molar-refractivity contribution in [2.75, 3.05) is 5.75 Å². The average Bonchev–Trinajstić information content (AvgIpc) is 2.47. The monoisotopic (exact) mass is 372 g/mol. The zero-order valence-electron chi connectivity index (χ0n) is 16.0. The summed E-state index contributed by atoms with van der Waals surface area (Å²) in [5.74, 6) is -0.359. The van der Waals surface area contributed by atoms with Crippen LogP contribution in [0.1, 0.15) is 103 Å². The fraction of sp³-hybridized carbons (Fsp3) is 1.00. The molecule has 4 nitrogen and oxygen atoms in total. The Hall–Kier alpha value is 0.870. The molecule has 0 fully saturated rings. The van der Waals surface area contributed by atoms with E-state index in [4.69, 9.17) is 0 Å². The summed E-state index contributed by atoms with van der Waals surface area (Å²) in [5.41, 5.74) is 0. The Kier molecular flexibility index (Phi) is 21.1. The number of hydrogen-bond donors (Lipinski definition) is 1. The van der Waals surface area contributed by atoms with Gasteiger partial charge in [0.2, 0.25) is 0 Å². The minimum absolute atomic E-state index is 0. The van der Waals surface area contributed by atoms with Crippen molar-refractivity contribution in [2.45, 2.75) is 109 Å². The van der Waals surface area contributed by atoms with Gasteiger partial charge in [-0.1, -0.05) is 84.0 Å². The molecule has 0 aliphatic carbocycles. The van der Waals surface area contributed by atoms with E-state index in [1.807, 2.05) is 0 Å². The number of hydrogen-bond acceptors (Lipinski definition) is 4. The summed E-state index contributed by atoms with van der Waals surface area (Å²) < 4.78 is 31.3. The predicted octanol–water partition coefficient (Wildman–Crippen LogP) is 1.77. The van der Waals surface area contributed by atoms with E-state index in [9.17, 15) is 18.1 Å². The molecule has 24 heavy (non-hydrogen) atoms. The second-order valence-corrected chi connectivity index (χ2v) is 8.26. The first-order chi connectivity index (χ1) is 11.0. The standard InChI is InChI=1S/C18H38O4S.Na/c1-2-3-4-5-6-7-8-9-10-11-12-13-15-18(19)16-14-17-23(20,21)22;/h18-19H,2-17H2,1H3,(H,20,21,22);/q;+1/p-1. The van der Waals surface area contributed by atoms with Gasteiger partial charge in [0.1, 0.15) is 0 Å². The van der Waals surface area contributed by atoms with Gasteiger partial charge in [-0.05, 0) is 19.3 Å². The minimum Gasteiger partial charge on any atom is -0.748 e. The molecule has 0 aromatic heterocycles. The summed E-state index contributed by atoms with van der Waals surface area (Å²) in [4.78, 5) is 0. The summed E-state index contributed by atoms with van der Waals surface area (Å²) in [7, 11) is -4.13. The van der Waals surface area contributed by atoms with Crippen molar-refractivity contribution >= 4 is 10.1 Å². The Morgan fingerprint density at radius 2 is 1.12 bits per heavy atom. The molecule has 0 rings (SSSR count). The van der Waals surface area contributed by atoms with Crippen LogP contribution in [-0.2, 0) is 10.1 Å². The van der Waals surface area contributed by atoms with Crippen LogP contribution in [0.5, 0.6) is 0 Å². The van der Waals surface area contributed by atoms with Crippen molar-refractivity contribution < 1.29 is 47.6 Å². The van der Waals surface area contributed by atoms with Gasteiger partial charge in [-0.15, -0.1) is 0 Å². The molecule has 0 saturated carbocycles. The largest absolute Gasteiger partial charge is 1.00 e. The van der Waals surface area contributed by atoms with Gasteiger partial charge in [0.25, 0.3) is 0 Å². The molecule has 0 amide bonds. The van der Waals surface area contributed by atoms with Gasteiger partial charge in [-0.25, -0.2) is 8.42 Å². The van der Waals surface area contributed by atoms with Gasteiger partial charge >= 0.3 is 29.6 Å². The fourth-order valence-corrected chi connectivity index (χ4v) is 3.38. The molecule has 140 valence electrons. The summed E-state index contributed by atoms with van der Waals surface area (Å²) in [5, 5.41) is 9.71. The molecule has 0 aromatic rings. The topological polar surface area (TPSA) is 77.4 Å². The van der Waals surface area contributed by atoms with Crippen LogP contribution in [0.4, 0.5) is 0 Å². The molecule has 6 heteroatoms. The molecular weight excluding hydrogens is 335 g/mol. The molecule has 1 atom stereocenters. The first kappa shape index (κ1) is 27.1. The molecule has 0 bridgehead atoms. The van der Waals surface area contributed by atoms with Gasteiger partial charge in [-0.2, -0.15) is 0 Å². The molecule has 0 radical (unpaired) electrons. The third-order valence-electron chi connectivity index (χ3n) is 4.32. The van der Waals surface area contributed by atoms with E-state index >= 15 is 0 Å². The van der Waals surface area contributed by atoms with Crippen molar-refractivity contribution in [3.63, 3.8) is 0 Å². The molecule has 0 aliphatic heterocycles. The summed E-state index contributed by atoms with van der Waals surface area (Å²) in [6.07, 6.45) is 16.4. The van der Waals surface area contributed by atoms with Crippen molar-refractivity contribution in [3.05, 3.63) is 0 Å². The fourth-order valence-electron chi connectivity index (χ4n) is 2.86. The van der Waals surface area contributed by atoms with Crippen molar-refractivity contribution in [2.24, 2.45) is 0 Å². The maximum atomic E-state index is 10.4. The molecule has 0 aliphatic rings. The normalized spacial score (nSPS) is 12.8. The molecule has 0 heterocycles. The van der Waals surface area contributed by atoms with Crippen LogP contribution in [-0.4, -0.2) is 29.9 Å². The Labute approximate surface area is 172 Å². The number of aliphatic hydroxyl groups is 1. The Bertz CT molecular complexity index is 347. The average molecular weight is 373 g/mol. The van der Waals surface area contributed by atoms with Crippen LogP contribution in [0, 0.1) is 0 Å². The van der Waals surface area contributed by atoms with Crippen LogP contribution in [0.15, 0.2) is 0 Å². The zero-order valence-corrected chi connectivity index (χ0v) is 18.8. The Morgan fingerprint density at radius 3 is 1.54 bits per heavy atom. The zero-order chi connectivity index (χ0) is 17.4. The minimum atomic E-state index is -4.13. The molecule has 1 unspecified atom stereocenters. The van der Waals surface area contributed by atoms with Crippen LogP contribution >= 0.6 is 0 Å². The predicted molar refractivity (Wildman–Crippen MR) is 95.5 cm³/mol. The number of unbranched alkanes of at least 4 members (excludes halogenated alkanes) is 11. The number of aliphatic hydroxyl groups excluding tert-OH is 1. The molecule has 0 saturated heterocycles. The van der Waals surface area contributed by atoms with E-state index in [1.54, 1.807) is 0 Å². The van der Waals surface area contributed by atoms with E-state index in [1.165, 1.54) is 64.2 Å². The summed E-state index contributed by atoms with van der Waals surface area (Å²) in [6.45, 7) is 2.25. The number of rotatable bonds is 17. The Balaban J connectivity index is 0. The van der Waals surface area contributed by atoms with E-state index in [2.05, 4.69) is 6.92 Å². The third kappa shape index (κ3) is 22.9. The van der Waals surface area contributed by atoms with Crippen LogP contribution in [0.2, 0.25) is 0 Å². The van der Waals surface area contributed by atoms with Gasteiger partial charge in [0.05, 0.1) is 16.2 Å². The maximum absolute atomic E-state index is 10.4. The van der Waals surface area contributed by atoms with E-state index in [0.29, 0.717) is 6.42 Å². The van der Waals surface area contributed by atoms with Crippen molar-refractivity contribution in [1.29, 1.82) is 0 Å². The maximum Gasteiger partial charge on any atom is 1.00 e. The molecule has 0 spiro atoms. The van der Waals surface area contributed by atoms with E-state index in [-0.39, 0.29) is 41.7 Å². The van der Waals surface area contributed by atoms with Gasteiger partial charge < -0.3 is 9.66 Å². The van der Waals surface area contributed by atoms with Gasteiger partial charge in [-0.3, -0.25) is 0 Å². The van der Waals surface area contributed by atoms with Gasteiger partial charge in [0, 0.05) is 5.75 Å². The van der Waals surface area contributed by atoms with Crippen molar-refractivity contribution in [3.8, 4) is 0 Å². The quantitative estimate of drug-likeness (QED) is 0.240. The first-order valence-corrected chi connectivity index (χ1v) is 11.1. The van der Waals surface area contributed by atoms with E-state index in [0.717, 1.165) is 19.3 Å². The Morgan fingerprint density at radius 1 is 0.750 bits per heavy atom. The third-order valence-corrected chi connectivity index (χ3v) is 5.11. The van der Waals surface area contributed by atoms with Gasteiger partial charge in [0.15, 0.2) is 0 Å². The molecule has 1 N–H and O–H groups in total. The van der Waals surface area contributed by atoms with Crippen LogP contribution in [0.3, 0.4) is 0 Å². The summed E-state index contributed by atoms with van der Waals surface area (Å²) in [6, 6.07) is 0. The SMILES string of the molecule is CCCCCCCCCCCCCCC(O)CCCS(=O)(=O)[O-].[Na+]. The van der Waals surface area contributed by atoms with Crippen LogP contribution < -0.4 is 29.6 Å². The van der Waals surface area contributed by atoms with Crippen LogP contribution in [0.25, 0.3) is 0 Å². The molecule has 0 aromatic carbocycles. The second-order valence-electron chi connectivity index (χ2n) is 6.74. The second kappa shape index (κ2) is 18.7. The summed E-state index contributed by atoms with van der Waals surface area (Å²) >= 11 is 0. The van der Waals surface area contributed by atoms with E-state index < -0.39 is 16.2 Å². The van der Waals surface area contributed by atoms with Crippen molar-refractivity contribution in [1.82, 2.24) is 0 Å². The smallest absolute Gasteiger partial charge is 0.748 e. The first-order valence-electron chi connectivity index (χ1n) is 9.57. The molecular formula is C18H37NaO4S.